The highest BCUT2D eigenvalue weighted by atomic mass is 31.2. The maximum absolute atomic E-state index is 13.1. The number of allylic oxidation sites excluding steroid dienone is 22. The summed E-state index contributed by atoms with van der Waals surface area (Å²) in [5.74, 6) is -0.198. The van der Waals surface area contributed by atoms with Gasteiger partial charge in [0.05, 0.1) is 39.9 Å². The topological polar surface area (TPSA) is 108 Å². The van der Waals surface area contributed by atoms with Gasteiger partial charge in [0.25, 0.3) is 7.82 Å². The summed E-state index contributed by atoms with van der Waals surface area (Å²) in [6.45, 7) is 4.60. The SMILES string of the molecule is CC/C=C\C/C=C\C/C=C\C/C=C\C/C=C\C/C=C\C/C=C\C/C=C\C/C=C\C/C=C\C/C=C\CCCCCC(=O)NC(COP(=O)([O-])OCC[N+](C)(C)C)C(O)CCCCCCCCCCCCCCCCCCCCCCCCCCCCCCCC. The predicted molar refractivity (Wildman–Crippen MR) is 389 cm³/mol. The van der Waals surface area contributed by atoms with Gasteiger partial charge in [-0.15, -0.1) is 0 Å². The van der Waals surface area contributed by atoms with Crippen LogP contribution in [-0.2, 0) is 18.4 Å². The van der Waals surface area contributed by atoms with E-state index in [1.54, 1.807) is 0 Å². The Bertz CT molecular complexity index is 1920. The fourth-order valence-electron chi connectivity index (χ4n) is 10.5. The predicted octanol–water partition coefficient (Wildman–Crippen LogP) is 23.5. The Morgan fingerprint density at radius 3 is 0.989 bits per heavy atom. The minimum Gasteiger partial charge on any atom is -0.756 e. The number of amides is 1. The molecular weight excluding hydrogens is 1120 g/mol. The van der Waals surface area contributed by atoms with Crippen molar-refractivity contribution in [3.8, 4) is 0 Å². The fourth-order valence-corrected chi connectivity index (χ4v) is 11.2. The molecule has 0 saturated carbocycles. The second-order valence-corrected chi connectivity index (χ2v) is 27.3. The van der Waals surface area contributed by atoms with Crippen molar-refractivity contribution in [2.45, 2.75) is 328 Å². The van der Waals surface area contributed by atoms with Crippen LogP contribution in [0.3, 0.4) is 0 Å². The molecule has 0 aliphatic carbocycles. The average molecular weight is 1260 g/mol. The van der Waals surface area contributed by atoms with Crippen molar-refractivity contribution in [1.82, 2.24) is 5.32 Å². The van der Waals surface area contributed by atoms with Crippen molar-refractivity contribution in [2.75, 3.05) is 40.9 Å². The number of nitrogens with one attached hydrogen (secondary N) is 1. The number of hydrogen-bond acceptors (Lipinski definition) is 6. The summed E-state index contributed by atoms with van der Waals surface area (Å²) in [6.07, 6.45) is 104. The highest BCUT2D eigenvalue weighted by Gasteiger charge is 2.24. The Labute approximate surface area is 551 Å². The summed E-state index contributed by atoms with van der Waals surface area (Å²) in [4.78, 5) is 25.7. The van der Waals surface area contributed by atoms with Crippen LogP contribution < -0.4 is 10.2 Å². The molecule has 9 heteroatoms. The molecule has 0 fully saturated rings. The van der Waals surface area contributed by atoms with Crippen LogP contribution in [0.2, 0.25) is 0 Å². The lowest BCUT2D eigenvalue weighted by atomic mass is 10.0. The van der Waals surface area contributed by atoms with E-state index in [-0.39, 0.29) is 19.1 Å². The minimum absolute atomic E-state index is 0.00116. The van der Waals surface area contributed by atoms with Gasteiger partial charge in [-0.05, 0) is 96.3 Å². The van der Waals surface area contributed by atoms with Crippen molar-refractivity contribution < 1.29 is 32.9 Å². The van der Waals surface area contributed by atoms with Crippen LogP contribution in [0.4, 0.5) is 0 Å². The number of carbonyl (C=O) groups excluding carboxylic acids is 1. The Hall–Kier alpha value is -3.36. The molecule has 89 heavy (non-hydrogen) atoms. The van der Waals surface area contributed by atoms with Crippen LogP contribution in [0.5, 0.6) is 0 Å². The number of nitrogens with zero attached hydrogens (tertiary/aromatic N) is 1. The summed E-state index contributed by atoms with van der Waals surface area (Å²) in [6, 6.07) is -0.831. The van der Waals surface area contributed by atoms with Gasteiger partial charge in [-0.25, -0.2) is 0 Å². The summed E-state index contributed by atoms with van der Waals surface area (Å²) in [5, 5.41) is 14.1. The standard InChI is InChI=1S/C80H141N2O6P/c1-6-8-10-12-14-16-18-20-22-24-26-28-30-32-34-36-38-39-40-41-42-43-44-46-48-50-52-54-56-58-60-62-64-66-68-70-72-74-80(84)81-78(77-88-89(85,86)87-76-75-82(3,4)5)79(83)73-71-69-67-65-63-61-59-57-55-53-51-49-47-45-37-35-33-31-29-27-25-23-21-19-17-15-13-11-9-7-2/h8,10,14,16,20,22,26,28,32,34,38-39,41-42,44,46,50,52,56,58,62,64,78-79,83H,6-7,9,11-13,15,17-19,21,23-25,27,29-31,33,35-37,40,43,45,47-49,51,53-55,57,59-61,63,65-77H2,1-5H3,(H-,81,84,85,86)/b10-8-,16-14-,22-20-,28-26-,34-32-,39-38-,42-41-,46-44-,52-50-,58-56-,64-62-. The maximum atomic E-state index is 13.1. The van der Waals surface area contributed by atoms with Gasteiger partial charge in [0.1, 0.15) is 13.2 Å². The number of hydrogen-bond donors (Lipinski definition) is 2. The van der Waals surface area contributed by atoms with Crippen LogP contribution in [-0.4, -0.2) is 68.5 Å². The van der Waals surface area contributed by atoms with Gasteiger partial charge in [-0.2, -0.15) is 0 Å². The fraction of sp³-hybridized carbons (Fsp3) is 0.713. The second-order valence-electron chi connectivity index (χ2n) is 25.9. The van der Waals surface area contributed by atoms with Gasteiger partial charge in [0, 0.05) is 6.42 Å². The van der Waals surface area contributed by atoms with E-state index in [0.717, 1.165) is 116 Å². The zero-order valence-corrected chi connectivity index (χ0v) is 59.5. The summed E-state index contributed by atoms with van der Waals surface area (Å²) in [5.41, 5.74) is 0. The molecule has 2 N–H and O–H groups in total. The van der Waals surface area contributed by atoms with Crippen molar-refractivity contribution in [3.63, 3.8) is 0 Å². The molecule has 0 radical (unpaired) electrons. The van der Waals surface area contributed by atoms with E-state index in [4.69, 9.17) is 9.05 Å². The molecule has 0 rings (SSSR count). The van der Waals surface area contributed by atoms with E-state index in [2.05, 4.69) is 153 Å². The number of unbranched alkanes of at least 4 members (excludes halogenated alkanes) is 32. The quantitative estimate of drug-likeness (QED) is 0.0272. The molecule has 0 aliphatic heterocycles. The number of rotatable bonds is 67. The van der Waals surface area contributed by atoms with Gasteiger partial charge in [-0.1, -0.05) is 347 Å². The first-order valence-electron chi connectivity index (χ1n) is 37.0. The monoisotopic (exact) mass is 1260 g/mol. The molecule has 0 aliphatic rings. The van der Waals surface area contributed by atoms with Crippen molar-refractivity contribution in [2.24, 2.45) is 0 Å². The third-order valence-electron chi connectivity index (χ3n) is 16.2. The lowest BCUT2D eigenvalue weighted by Crippen LogP contribution is -2.46. The number of phosphoric ester groups is 1. The van der Waals surface area contributed by atoms with E-state index in [1.165, 1.54) is 173 Å². The average Bonchev–Trinajstić information content (AvgIpc) is 3.57. The Morgan fingerprint density at radius 2 is 0.685 bits per heavy atom. The number of phosphoric acid groups is 1. The van der Waals surface area contributed by atoms with Crippen molar-refractivity contribution in [1.29, 1.82) is 0 Å². The summed E-state index contributed by atoms with van der Waals surface area (Å²) in [7, 11) is 1.27. The smallest absolute Gasteiger partial charge is 0.268 e. The molecule has 0 heterocycles. The number of aliphatic hydroxyl groups excluding tert-OH is 1. The zero-order valence-electron chi connectivity index (χ0n) is 58.6. The van der Waals surface area contributed by atoms with Gasteiger partial charge in [0.2, 0.25) is 5.91 Å². The summed E-state index contributed by atoms with van der Waals surface area (Å²) >= 11 is 0. The highest BCUT2D eigenvalue weighted by Crippen LogP contribution is 2.38. The van der Waals surface area contributed by atoms with Crippen LogP contribution in [0.25, 0.3) is 0 Å². The van der Waals surface area contributed by atoms with Gasteiger partial charge in [0.15, 0.2) is 0 Å². The first-order valence-corrected chi connectivity index (χ1v) is 38.5. The highest BCUT2D eigenvalue weighted by molar-refractivity contribution is 7.45. The minimum atomic E-state index is -4.60. The molecule has 0 saturated heterocycles. The third-order valence-corrected chi connectivity index (χ3v) is 17.1. The second kappa shape index (κ2) is 69.0. The van der Waals surface area contributed by atoms with Crippen LogP contribution in [0, 0.1) is 0 Å². The molecule has 0 aromatic rings. The lowest BCUT2D eigenvalue weighted by Gasteiger charge is -2.30. The number of quaternary nitrogens is 1. The van der Waals surface area contributed by atoms with Crippen LogP contribution in [0.15, 0.2) is 134 Å². The molecule has 3 unspecified atom stereocenters. The van der Waals surface area contributed by atoms with Gasteiger partial charge in [-0.3, -0.25) is 9.36 Å². The molecule has 0 spiro atoms. The largest absolute Gasteiger partial charge is 0.756 e. The zero-order chi connectivity index (χ0) is 64.8. The number of likely N-dealkylation sites (N-methyl/N-ethyl adjacent to an activating group) is 1. The Morgan fingerprint density at radius 1 is 0.404 bits per heavy atom. The number of carbonyl (C=O) groups is 1. The molecular formula is C80H141N2O6P. The van der Waals surface area contributed by atoms with E-state index in [0.29, 0.717) is 23.9 Å². The van der Waals surface area contributed by atoms with Crippen LogP contribution in [0.1, 0.15) is 316 Å². The first kappa shape index (κ1) is 85.6. The summed E-state index contributed by atoms with van der Waals surface area (Å²) < 4.78 is 23.5. The number of aliphatic hydroxyl groups is 1. The van der Waals surface area contributed by atoms with Gasteiger partial charge < -0.3 is 28.8 Å². The van der Waals surface area contributed by atoms with Gasteiger partial charge >= 0.3 is 0 Å². The van der Waals surface area contributed by atoms with Crippen LogP contribution >= 0.6 is 7.82 Å². The maximum Gasteiger partial charge on any atom is 0.268 e. The Kier molecular flexibility index (Phi) is 66.4. The molecule has 512 valence electrons. The first-order chi connectivity index (χ1) is 43.5. The molecule has 3 atom stereocenters. The Balaban J connectivity index is 4.15. The molecule has 0 aromatic heterocycles. The molecule has 0 aromatic carbocycles. The molecule has 8 nitrogen and oxygen atoms in total. The van der Waals surface area contributed by atoms with Crippen molar-refractivity contribution in [3.05, 3.63) is 134 Å². The third kappa shape index (κ3) is 71.9. The molecule has 1 amide bonds. The van der Waals surface area contributed by atoms with E-state index in [9.17, 15) is 19.4 Å². The van der Waals surface area contributed by atoms with Crippen molar-refractivity contribution >= 4 is 13.7 Å². The van der Waals surface area contributed by atoms with E-state index >= 15 is 0 Å². The van der Waals surface area contributed by atoms with E-state index < -0.39 is 20.0 Å². The molecule has 0 bridgehead atoms. The normalized spacial score (nSPS) is 14.4. The lowest BCUT2D eigenvalue weighted by molar-refractivity contribution is -0.870. The van der Waals surface area contributed by atoms with E-state index in [1.807, 2.05) is 21.1 Å².